The van der Waals surface area contributed by atoms with Crippen molar-refractivity contribution in [3.63, 3.8) is 0 Å². The van der Waals surface area contributed by atoms with Crippen molar-refractivity contribution in [3.8, 4) is 5.75 Å². The van der Waals surface area contributed by atoms with Gasteiger partial charge < -0.3 is 20.3 Å². The predicted molar refractivity (Wildman–Crippen MR) is 118 cm³/mol. The fraction of sp³-hybridized carbons (Fsp3) is 0.632. The molecule has 0 amide bonds. The molecule has 142 valence electrons. The SMILES string of the molecule is CCNC(=NCCC(C)C)NC1CCN(c2ccccc2OC)C1.I. The zero-order valence-corrected chi connectivity index (χ0v) is 18.2. The van der Waals surface area contributed by atoms with Crippen LogP contribution in [0.2, 0.25) is 0 Å². The molecule has 0 radical (unpaired) electrons. The Balaban J connectivity index is 0.00000312. The van der Waals surface area contributed by atoms with Crippen molar-refractivity contribution in [2.45, 2.75) is 39.7 Å². The molecule has 1 unspecified atom stereocenters. The molecular formula is C19H33IN4O. The molecule has 1 aliphatic rings. The number of aliphatic imine (C=N–C) groups is 1. The highest BCUT2D eigenvalue weighted by Crippen LogP contribution is 2.30. The molecule has 1 aromatic rings. The number of halogens is 1. The van der Waals surface area contributed by atoms with Gasteiger partial charge in [-0.25, -0.2) is 0 Å². The molecular weight excluding hydrogens is 427 g/mol. The van der Waals surface area contributed by atoms with E-state index < -0.39 is 0 Å². The molecule has 0 bridgehead atoms. The predicted octanol–water partition coefficient (Wildman–Crippen LogP) is 3.49. The Labute approximate surface area is 169 Å². The van der Waals surface area contributed by atoms with Gasteiger partial charge in [-0.1, -0.05) is 26.0 Å². The van der Waals surface area contributed by atoms with Crippen molar-refractivity contribution in [1.29, 1.82) is 0 Å². The number of methoxy groups -OCH3 is 1. The molecule has 2 N–H and O–H groups in total. The van der Waals surface area contributed by atoms with Crippen LogP contribution in [0.15, 0.2) is 29.3 Å². The highest BCUT2D eigenvalue weighted by Gasteiger charge is 2.25. The fourth-order valence-electron chi connectivity index (χ4n) is 2.94. The summed E-state index contributed by atoms with van der Waals surface area (Å²) in [6, 6.07) is 8.64. The minimum Gasteiger partial charge on any atom is -0.495 e. The maximum Gasteiger partial charge on any atom is 0.191 e. The smallest absolute Gasteiger partial charge is 0.191 e. The van der Waals surface area contributed by atoms with Gasteiger partial charge >= 0.3 is 0 Å². The average molecular weight is 460 g/mol. The van der Waals surface area contributed by atoms with Gasteiger partial charge in [-0.15, -0.1) is 24.0 Å². The molecule has 1 saturated heterocycles. The van der Waals surface area contributed by atoms with Crippen LogP contribution >= 0.6 is 24.0 Å². The third-order valence-corrected chi connectivity index (χ3v) is 4.28. The van der Waals surface area contributed by atoms with Crippen LogP contribution in [-0.4, -0.2) is 45.3 Å². The summed E-state index contributed by atoms with van der Waals surface area (Å²) in [6.45, 7) is 10.3. The van der Waals surface area contributed by atoms with Crippen molar-refractivity contribution >= 4 is 35.6 Å². The van der Waals surface area contributed by atoms with Crippen LogP contribution in [0.5, 0.6) is 5.75 Å². The Bertz CT molecular complexity index is 536. The number of hydrogen-bond acceptors (Lipinski definition) is 3. The van der Waals surface area contributed by atoms with Crippen LogP contribution in [0.3, 0.4) is 0 Å². The Morgan fingerprint density at radius 3 is 2.80 bits per heavy atom. The molecule has 0 aromatic heterocycles. The molecule has 1 aliphatic heterocycles. The van der Waals surface area contributed by atoms with Crippen molar-refractivity contribution in [1.82, 2.24) is 10.6 Å². The van der Waals surface area contributed by atoms with Crippen LogP contribution < -0.4 is 20.3 Å². The van der Waals surface area contributed by atoms with E-state index in [1.54, 1.807) is 7.11 Å². The summed E-state index contributed by atoms with van der Waals surface area (Å²) < 4.78 is 5.49. The molecule has 1 aromatic carbocycles. The zero-order valence-electron chi connectivity index (χ0n) is 15.9. The lowest BCUT2D eigenvalue weighted by molar-refractivity contribution is 0.415. The van der Waals surface area contributed by atoms with Crippen LogP contribution in [0, 0.1) is 5.92 Å². The number of nitrogens with one attached hydrogen (secondary N) is 2. The van der Waals surface area contributed by atoms with Crippen LogP contribution in [-0.2, 0) is 0 Å². The van der Waals surface area contributed by atoms with Crippen molar-refractivity contribution in [2.75, 3.05) is 38.2 Å². The lowest BCUT2D eigenvalue weighted by Crippen LogP contribution is -2.44. The lowest BCUT2D eigenvalue weighted by Gasteiger charge is -2.22. The molecule has 0 saturated carbocycles. The Morgan fingerprint density at radius 2 is 2.12 bits per heavy atom. The van der Waals surface area contributed by atoms with Gasteiger partial charge in [-0.2, -0.15) is 0 Å². The van der Waals surface area contributed by atoms with Crippen molar-refractivity contribution in [2.24, 2.45) is 10.9 Å². The van der Waals surface area contributed by atoms with E-state index >= 15 is 0 Å². The third-order valence-electron chi connectivity index (χ3n) is 4.28. The number of para-hydroxylation sites is 2. The standard InChI is InChI=1S/C19H32N4O.HI/c1-5-20-19(21-12-10-15(2)3)22-16-11-13-23(14-16)17-8-6-7-9-18(17)24-4;/h6-9,15-16H,5,10-14H2,1-4H3,(H2,20,21,22);1H. The molecule has 2 rings (SSSR count). The molecule has 25 heavy (non-hydrogen) atoms. The molecule has 1 fully saturated rings. The monoisotopic (exact) mass is 460 g/mol. The highest BCUT2D eigenvalue weighted by molar-refractivity contribution is 14.0. The largest absolute Gasteiger partial charge is 0.495 e. The van der Waals surface area contributed by atoms with Crippen LogP contribution in [0.1, 0.15) is 33.6 Å². The van der Waals surface area contributed by atoms with Gasteiger partial charge in [0.2, 0.25) is 0 Å². The molecule has 0 spiro atoms. The maximum atomic E-state index is 5.49. The van der Waals surface area contributed by atoms with E-state index in [-0.39, 0.29) is 24.0 Å². The molecule has 5 nitrogen and oxygen atoms in total. The van der Waals surface area contributed by atoms with Gasteiger partial charge in [0, 0.05) is 32.2 Å². The van der Waals surface area contributed by atoms with Crippen LogP contribution in [0.4, 0.5) is 5.69 Å². The summed E-state index contributed by atoms with van der Waals surface area (Å²) in [5.74, 6) is 2.56. The van der Waals surface area contributed by atoms with Crippen molar-refractivity contribution < 1.29 is 4.74 Å². The first-order chi connectivity index (χ1) is 11.6. The second-order valence-corrected chi connectivity index (χ2v) is 6.69. The summed E-state index contributed by atoms with van der Waals surface area (Å²) in [4.78, 5) is 7.08. The second kappa shape index (κ2) is 11.4. The lowest BCUT2D eigenvalue weighted by atomic mass is 10.1. The van der Waals surface area contributed by atoms with E-state index in [0.717, 1.165) is 50.7 Å². The molecule has 1 heterocycles. The Hall–Kier alpha value is -1.18. The van der Waals surface area contributed by atoms with Gasteiger partial charge in [0.25, 0.3) is 0 Å². The van der Waals surface area contributed by atoms with Gasteiger partial charge in [0.05, 0.1) is 12.8 Å². The first kappa shape index (κ1) is 21.9. The van der Waals surface area contributed by atoms with E-state index in [1.165, 1.54) is 5.69 Å². The number of rotatable bonds is 7. The second-order valence-electron chi connectivity index (χ2n) is 6.69. The first-order valence-corrected chi connectivity index (χ1v) is 9.06. The Morgan fingerprint density at radius 1 is 1.36 bits per heavy atom. The van der Waals surface area contributed by atoms with E-state index in [4.69, 9.17) is 9.73 Å². The summed E-state index contributed by atoms with van der Waals surface area (Å²) in [5, 5.41) is 6.94. The Kier molecular flexibility index (Phi) is 10.0. The van der Waals surface area contributed by atoms with Gasteiger partial charge in [-0.05, 0) is 37.8 Å². The fourth-order valence-corrected chi connectivity index (χ4v) is 2.94. The van der Waals surface area contributed by atoms with E-state index in [9.17, 15) is 0 Å². The third kappa shape index (κ3) is 6.92. The summed E-state index contributed by atoms with van der Waals surface area (Å²) in [5.41, 5.74) is 1.17. The average Bonchev–Trinajstić information content (AvgIpc) is 3.03. The van der Waals surface area contributed by atoms with Crippen LogP contribution in [0.25, 0.3) is 0 Å². The summed E-state index contributed by atoms with van der Waals surface area (Å²) in [6.07, 6.45) is 2.22. The van der Waals surface area contributed by atoms with E-state index in [2.05, 4.69) is 48.4 Å². The first-order valence-electron chi connectivity index (χ1n) is 9.06. The normalized spacial score (nSPS) is 17.4. The van der Waals surface area contributed by atoms with Crippen molar-refractivity contribution in [3.05, 3.63) is 24.3 Å². The molecule has 0 aliphatic carbocycles. The summed E-state index contributed by atoms with van der Waals surface area (Å²) >= 11 is 0. The minimum atomic E-state index is 0. The number of hydrogen-bond donors (Lipinski definition) is 2. The quantitative estimate of drug-likeness (QED) is 0.372. The van der Waals surface area contributed by atoms with E-state index in [1.807, 2.05) is 12.1 Å². The summed E-state index contributed by atoms with van der Waals surface area (Å²) in [7, 11) is 1.73. The van der Waals surface area contributed by atoms with Gasteiger partial charge in [-0.3, -0.25) is 4.99 Å². The minimum absolute atomic E-state index is 0. The number of anilines is 1. The number of guanidine groups is 1. The molecule has 6 heteroatoms. The number of nitrogens with zero attached hydrogens (tertiary/aromatic N) is 2. The highest BCUT2D eigenvalue weighted by atomic mass is 127. The maximum absolute atomic E-state index is 5.49. The number of benzene rings is 1. The zero-order chi connectivity index (χ0) is 17.4. The van der Waals surface area contributed by atoms with E-state index in [0.29, 0.717) is 12.0 Å². The molecule has 1 atom stereocenters. The van der Waals surface area contributed by atoms with Gasteiger partial charge in [0.1, 0.15) is 5.75 Å². The number of ether oxygens (including phenoxy) is 1. The topological polar surface area (TPSA) is 48.9 Å². The van der Waals surface area contributed by atoms with Gasteiger partial charge in [0.15, 0.2) is 5.96 Å².